The van der Waals surface area contributed by atoms with Gasteiger partial charge in [0.25, 0.3) is 0 Å². The van der Waals surface area contributed by atoms with Gasteiger partial charge in [-0.3, -0.25) is 0 Å². The summed E-state index contributed by atoms with van der Waals surface area (Å²) in [6, 6.07) is 0. The summed E-state index contributed by atoms with van der Waals surface area (Å²) in [6.45, 7) is 0. The molecule has 0 rings (SSSR count). The van der Waals surface area contributed by atoms with E-state index in [0.717, 1.165) is 0 Å². The van der Waals surface area contributed by atoms with Crippen molar-refractivity contribution in [3.8, 4) is 0 Å². The Morgan fingerprint density at radius 2 is 1.25 bits per heavy atom. The molecular formula is H5N3Sb+. The number of nitrogens with zero attached hydrogens (tertiary/aromatic N) is 1. The minimum absolute atomic E-state index is 0. The Hall–Kier alpha value is 0.128. The molecule has 0 heterocycles. The molecular weight excluding hydrogens is 164 g/mol. The Morgan fingerprint density at radius 1 is 1.25 bits per heavy atom. The summed E-state index contributed by atoms with van der Waals surface area (Å²) in [4.78, 5) is 2.00. The molecule has 0 spiro atoms. The second kappa shape index (κ2) is 11.1. The van der Waals surface area contributed by atoms with E-state index in [1.807, 2.05) is 4.91 Å². The van der Waals surface area contributed by atoms with Crippen molar-refractivity contribution in [2.75, 3.05) is 0 Å². The van der Waals surface area contributed by atoms with Gasteiger partial charge in [0.15, 0.2) is 0 Å². The van der Waals surface area contributed by atoms with Crippen LogP contribution in [0.2, 0.25) is 0 Å². The standard InChI is InChI=1S/H2N3.Sb.3H/c1-3-2;;;;/h1-2H;;;;/q+1;;;;. The molecule has 0 aromatic rings. The SMILES string of the molecule is N=[N+]=N.[SbH3]. The molecule has 3 nitrogen and oxygen atoms in total. The molecule has 0 aliphatic rings. The Kier molecular flexibility index (Phi) is 24.8. The van der Waals surface area contributed by atoms with E-state index in [1.54, 1.807) is 0 Å². The molecule has 2 N–H and O–H groups in total. The fourth-order valence-corrected chi connectivity index (χ4v) is 0. The van der Waals surface area contributed by atoms with Crippen molar-refractivity contribution in [3.63, 3.8) is 0 Å². The van der Waals surface area contributed by atoms with Crippen LogP contribution in [0.3, 0.4) is 0 Å². The Labute approximate surface area is 40.9 Å². The first-order valence-electron chi connectivity index (χ1n) is 0.447. The zero-order valence-electron chi connectivity index (χ0n) is 2.15. The molecule has 0 bridgehead atoms. The van der Waals surface area contributed by atoms with E-state index < -0.39 is 0 Å². The molecule has 0 saturated carbocycles. The van der Waals surface area contributed by atoms with Crippen LogP contribution in [0.5, 0.6) is 0 Å². The van der Waals surface area contributed by atoms with Crippen LogP contribution >= 0.6 is 0 Å². The normalized spacial score (nSPS) is 2.00. The van der Waals surface area contributed by atoms with Gasteiger partial charge in [0.1, 0.15) is 11.1 Å². The molecule has 0 saturated heterocycles. The van der Waals surface area contributed by atoms with Crippen LogP contribution in [0, 0.1) is 11.1 Å². The first-order chi connectivity index (χ1) is 1.41. The molecule has 0 fully saturated rings. The second-order valence-electron chi connectivity index (χ2n) is 0.112. The summed E-state index contributed by atoms with van der Waals surface area (Å²) >= 11 is 0. The van der Waals surface area contributed by atoms with Crippen molar-refractivity contribution in [2.24, 2.45) is 0 Å². The predicted octanol–water partition coefficient (Wildman–Crippen LogP) is -1.07. The van der Waals surface area contributed by atoms with E-state index in [-0.39, 0.29) is 24.4 Å². The van der Waals surface area contributed by atoms with Crippen molar-refractivity contribution >= 4 is 24.4 Å². The zero-order valence-corrected chi connectivity index (χ0v) is 6.19. The summed E-state index contributed by atoms with van der Waals surface area (Å²) in [6.07, 6.45) is 0. The molecule has 0 unspecified atom stereocenters. The number of hydrogen-bond donors (Lipinski definition) is 2. The van der Waals surface area contributed by atoms with Crippen LogP contribution in [0.25, 0.3) is 0 Å². The van der Waals surface area contributed by atoms with Crippen LogP contribution in [0.15, 0.2) is 0 Å². The molecule has 0 aliphatic carbocycles. The van der Waals surface area contributed by atoms with Crippen LogP contribution in [0.1, 0.15) is 0 Å². The monoisotopic (exact) mass is 168 g/mol. The van der Waals surface area contributed by atoms with E-state index >= 15 is 0 Å². The molecule has 0 aliphatic heterocycles. The quantitative estimate of drug-likeness (QED) is 0.263. The third-order valence-corrected chi connectivity index (χ3v) is 0. The average molecular weight is 169 g/mol. The summed E-state index contributed by atoms with van der Waals surface area (Å²) in [5.41, 5.74) is 11.0. The molecule has 0 atom stereocenters. The zero-order chi connectivity index (χ0) is 2.71. The van der Waals surface area contributed by atoms with Gasteiger partial charge in [-0.25, -0.2) is 0 Å². The number of hydrogen-bond acceptors (Lipinski definition) is 2. The van der Waals surface area contributed by atoms with Gasteiger partial charge < -0.3 is 0 Å². The van der Waals surface area contributed by atoms with E-state index in [4.69, 9.17) is 11.1 Å². The third kappa shape index (κ3) is 165. The van der Waals surface area contributed by atoms with Gasteiger partial charge >= 0.3 is 24.4 Å². The van der Waals surface area contributed by atoms with E-state index in [1.165, 1.54) is 0 Å². The molecule has 4 heteroatoms. The first kappa shape index (κ1) is 8.92. The van der Waals surface area contributed by atoms with Crippen LogP contribution in [-0.4, -0.2) is 24.4 Å². The Balaban J connectivity index is 0. The van der Waals surface area contributed by atoms with Gasteiger partial charge in [-0.05, 0) is 0 Å². The van der Waals surface area contributed by atoms with Crippen LogP contribution in [-0.2, 0) is 0 Å². The second-order valence-corrected chi connectivity index (χ2v) is 0.112. The van der Waals surface area contributed by atoms with Crippen molar-refractivity contribution < 1.29 is 0 Å². The fourth-order valence-electron chi connectivity index (χ4n) is 0. The van der Waals surface area contributed by atoms with E-state index in [0.29, 0.717) is 0 Å². The van der Waals surface area contributed by atoms with Crippen LogP contribution in [0.4, 0.5) is 0 Å². The van der Waals surface area contributed by atoms with Crippen molar-refractivity contribution in [1.29, 1.82) is 11.1 Å². The molecule has 24 valence electrons. The van der Waals surface area contributed by atoms with E-state index in [2.05, 4.69) is 0 Å². The molecule has 0 aromatic carbocycles. The maximum atomic E-state index is 5.50. The van der Waals surface area contributed by atoms with Crippen LogP contribution < -0.4 is 4.91 Å². The predicted molar refractivity (Wildman–Crippen MR) is 17.5 cm³/mol. The number of nitrogens with one attached hydrogen (secondary N) is 2. The van der Waals surface area contributed by atoms with Gasteiger partial charge in [0.05, 0.1) is 0 Å². The fraction of sp³-hybridized carbons (Fsp3) is 0. The van der Waals surface area contributed by atoms with Gasteiger partial charge in [-0.1, -0.05) is 0 Å². The average Bonchev–Trinajstić information content (AvgIpc) is 0.918. The summed E-state index contributed by atoms with van der Waals surface area (Å²) in [5, 5.41) is 0. The van der Waals surface area contributed by atoms with E-state index in [9.17, 15) is 0 Å². The summed E-state index contributed by atoms with van der Waals surface area (Å²) < 4.78 is 0. The third-order valence-electron chi connectivity index (χ3n) is 0. The van der Waals surface area contributed by atoms with Gasteiger partial charge in [0, 0.05) is 0 Å². The van der Waals surface area contributed by atoms with Crippen molar-refractivity contribution in [2.45, 2.75) is 0 Å². The van der Waals surface area contributed by atoms with Crippen molar-refractivity contribution in [1.82, 2.24) is 4.91 Å². The van der Waals surface area contributed by atoms with Gasteiger partial charge in [0.2, 0.25) is 4.91 Å². The molecule has 0 amide bonds. The maximum absolute atomic E-state index is 5.50. The summed E-state index contributed by atoms with van der Waals surface area (Å²) in [5.74, 6) is 0. The Bertz CT molecular complexity index is 24.3. The Morgan fingerprint density at radius 3 is 1.25 bits per heavy atom. The number of rotatable bonds is 0. The molecule has 4 heavy (non-hydrogen) atoms. The topological polar surface area (TPSA) is 61.8 Å². The summed E-state index contributed by atoms with van der Waals surface area (Å²) in [7, 11) is 0. The van der Waals surface area contributed by atoms with Crippen molar-refractivity contribution in [3.05, 3.63) is 0 Å². The molecule has 0 aromatic heterocycles. The first-order valence-corrected chi connectivity index (χ1v) is 0.447. The minimum atomic E-state index is 0. The molecule has 0 radical (unpaired) electrons. The van der Waals surface area contributed by atoms with Gasteiger partial charge in [-0.15, -0.1) is 0 Å². The van der Waals surface area contributed by atoms with Gasteiger partial charge in [-0.2, -0.15) is 0 Å².